The number of hydrogen-bond donors (Lipinski definition) is 1. The number of unbranched alkanes of at least 4 members (excludes halogenated alkanes) is 2. The van der Waals surface area contributed by atoms with Gasteiger partial charge in [0.1, 0.15) is 6.26 Å². The molecule has 2 heteroatoms. The van der Waals surface area contributed by atoms with Crippen molar-refractivity contribution in [3.63, 3.8) is 0 Å². The average Bonchev–Trinajstić information content (AvgIpc) is 2.57. The minimum Gasteiger partial charge on any atom is -0.471 e. The topological polar surface area (TPSA) is 39.2 Å². The molecule has 0 fully saturated rings. The Morgan fingerprint density at radius 1 is 1.42 bits per heavy atom. The fourth-order valence-electron chi connectivity index (χ4n) is 0.858. The lowest BCUT2D eigenvalue weighted by Crippen LogP contribution is -1.96. The van der Waals surface area contributed by atoms with Crippen LogP contribution in [0, 0.1) is 11.8 Å². The molecule has 0 saturated carbocycles. The predicted octanol–water partition coefficient (Wildman–Crippen LogP) is 1.76. The minimum atomic E-state index is 0.757. The Kier molecular flexibility index (Phi) is 4.04. The smallest absolute Gasteiger partial charge is 0.106 e. The van der Waals surface area contributed by atoms with Crippen molar-refractivity contribution in [2.75, 3.05) is 6.54 Å². The number of nitrogens with two attached hydrogens (primary N) is 1. The van der Waals surface area contributed by atoms with Gasteiger partial charge in [0.25, 0.3) is 0 Å². The molecule has 1 rings (SSSR count). The van der Waals surface area contributed by atoms with E-state index in [1.54, 1.807) is 12.5 Å². The van der Waals surface area contributed by atoms with E-state index in [4.69, 9.17) is 10.2 Å². The van der Waals surface area contributed by atoms with E-state index in [0.717, 1.165) is 31.4 Å². The quantitative estimate of drug-likeness (QED) is 0.544. The molecule has 0 aromatic carbocycles. The first-order valence-electron chi connectivity index (χ1n) is 4.14. The summed E-state index contributed by atoms with van der Waals surface area (Å²) in [6.45, 7) is 0.757. The van der Waals surface area contributed by atoms with Crippen LogP contribution in [-0.4, -0.2) is 6.54 Å². The fraction of sp³-hybridized carbons (Fsp3) is 0.400. The highest BCUT2D eigenvalue weighted by molar-refractivity contribution is 5.29. The summed E-state index contributed by atoms with van der Waals surface area (Å²) in [6, 6.07) is 1.86. The molecule has 0 aliphatic carbocycles. The van der Waals surface area contributed by atoms with Gasteiger partial charge >= 0.3 is 0 Å². The van der Waals surface area contributed by atoms with Crippen LogP contribution in [0.3, 0.4) is 0 Å². The maximum absolute atomic E-state index is 5.34. The summed E-state index contributed by atoms with van der Waals surface area (Å²) in [4.78, 5) is 0. The van der Waals surface area contributed by atoms with Gasteiger partial charge in [-0.2, -0.15) is 0 Å². The maximum Gasteiger partial charge on any atom is 0.106 e. The summed E-state index contributed by atoms with van der Waals surface area (Å²) in [5.74, 6) is 6.06. The van der Waals surface area contributed by atoms with Crippen LogP contribution >= 0.6 is 0 Å². The lowest BCUT2D eigenvalue weighted by Gasteiger charge is -1.87. The van der Waals surface area contributed by atoms with Crippen LogP contribution in [-0.2, 0) is 0 Å². The van der Waals surface area contributed by atoms with Crippen LogP contribution < -0.4 is 5.73 Å². The molecular formula is C10H13NO. The third kappa shape index (κ3) is 3.27. The molecule has 0 saturated heterocycles. The van der Waals surface area contributed by atoms with Gasteiger partial charge in [-0.05, 0) is 25.5 Å². The summed E-state index contributed by atoms with van der Waals surface area (Å²) in [5, 5.41) is 0. The number of hydrogen-bond acceptors (Lipinski definition) is 2. The molecule has 0 bridgehead atoms. The van der Waals surface area contributed by atoms with Gasteiger partial charge in [-0.15, -0.1) is 0 Å². The highest BCUT2D eigenvalue weighted by Gasteiger charge is 1.85. The minimum absolute atomic E-state index is 0.757. The van der Waals surface area contributed by atoms with Crippen LogP contribution in [0.25, 0.3) is 0 Å². The maximum atomic E-state index is 5.34. The van der Waals surface area contributed by atoms with Crippen molar-refractivity contribution in [3.8, 4) is 11.8 Å². The van der Waals surface area contributed by atoms with Gasteiger partial charge in [-0.25, -0.2) is 0 Å². The van der Waals surface area contributed by atoms with Crippen molar-refractivity contribution < 1.29 is 4.42 Å². The first-order chi connectivity index (χ1) is 5.93. The van der Waals surface area contributed by atoms with Gasteiger partial charge in [-0.3, -0.25) is 0 Å². The van der Waals surface area contributed by atoms with E-state index < -0.39 is 0 Å². The molecule has 0 spiro atoms. The first-order valence-corrected chi connectivity index (χ1v) is 4.14. The van der Waals surface area contributed by atoms with Gasteiger partial charge in [0.15, 0.2) is 0 Å². The summed E-state index contributed by atoms with van der Waals surface area (Å²) in [5.41, 5.74) is 6.29. The van der Waals surface area contributed by atoms with Crippen LogP contribution in [0.1, 0.15) is 24.8 Å². The summed E-state index contributed by atoms with van der Waals surface area (Å²) in [6.07, 6.45) is 6.34. The van der Waals surface area contributed by atoms with Crippen LogP contribution in [0.5, 0.6) is 0 Å². The molecule has 64 valence electrons. The molecule has 1 heterocycles. The SMILES string of the molecule is NCCCCC#Cc1ccoc1. The Bertz CT molecular complexity index is 253. The monoisotopic (exact) mass is 163 g/mol. The molecular weight excluding hydrogens is 150 g/mol. The van der Waals surface area contributed by atoms with E-state index in [2.05, 4.69) is 11.8 Å². The third-order valence-corrected chi connectivity index (χ3v) is 1.51. The lowest BCUT2D eigenvalue weighted by molar-refractivity contribution is 0.566. The van der Waals surface area contributed by atoms with Crippen molar-refractivity contribution >= 4 is 0 Å². The van der Waals surface area contributed by atoms with E-state index in [1.807, 2.05) is 6.07 Å². The molecule has 0 radical (unpaired) electrons. The molecule has 1 aromatic rings. The van der Waals surface area contributed by atoms with Gasteiger partial charge in [0.2, 0.25) is 0 Å². The summed E-state index contributed by atoms with van der Waals surface area (Å²) in [7, 11) is 0. The predicted molar refractivity (Wildman–Crippen MR) is 48.5 cm³/mol. The van der Waals surface area contributed by atoms with E-state index in [0.29, 0.717) is 0 Å². The Morgan fingerprint density at radius 2 is 2.33 bits per heavy atom. The Hall–Kier alpha value is -1.20. The Balaban J connectivity index is 2.21. The normalized spacial score (nSPS) is 9.08. The Morgan fingerprint density at radius 3 is 3.00 bits per heavy atom. The Labute approximate surface area is 72.8 Å². The average molecular weight is 163 g/mol. The molecule has 0 aliphatic rings. The molecule has 0 amide bonds. The van der Waals surface area contributed by atoms with Gasteiger partial charge < -0.3 is 10.2 Å². The molecule has 1 aromatic heterocycles. The highest BCUT2D eigenvalue weighted by Crippen LogP contribution is 1.97. The summed E-state index contributed by atoms with van der Waals surface area (Å²) < 4.78 is 4.87. The van der Waals surface area contributed by atoms with Crippen molar-refractivity contribution in [2.24, 2.45) is 5.73 Å². The molecule has 12 heavy (non-hydrogen) atoms. The highest BCUT2D eigenvalue weighted by atomic mass is 16.3. The van der Waals surface area contributed by atoms with E-state index >= 15 is 0 Å². The second-order valence-electron chi connectivity index (χ2n) is 2.56. The number of furan rings is 1. The van der Waals surface area contributed by atoms with Crippen molar-refractivity contribution in [3.05, 3.63) is 24.2 Å². The first kappa shape index (κ1) is 8.89. The van der Waals surface area contributed by atoms with Crippen LogP contribution in [0.2, 0.25) is 0 Å². The zero-order chi connectivity index (χ0) is 8.65. The zero-order valence-electron chi connectivity index (χ0n) is 7.05. The molecule has 0 aliphatic heterocycles. The summed E-state index contributed by atoms with van der Waals surface area (Å²) >= 11 is 0. The zero-order valence-corrected chi connectivity index (χ0v) is 7.05. The van der Waals surface area contributed by atoms with Crippen LogP contribution in [0.15, 0.2) is 23.0 Å². The van der Waals surface area contributed by atoms with Gasteiger partial charge in [-0.1, -0.05) is 11.8 Å². The van der Waals surface area contributed by atoms with E-state index in [1.165, 1.54) is 0 Å². The van der Waals surface area contributed by atoms with Crippen LogP contribution in [0.4, 0.5) is 0 Å². The third-order valence-electron chi connectivity index (χ3n) is 1.51. The standard InChI is InChI=1S/C10H13NO/c11-7-4-2-1-3-5-10-6-8-12-9-10/h6,8-9H,1-2,4,7,11H2. The van der Waals surface area contributed by atoms with E-state index in [-0.39, 0.29) is 0 Å². The number of rotatable bonds is 3. The van der Waals surface area contributed by atoms with Crippen molar-refractivity contribution in [1.82, 2.24) is 0 Å². The second kappa shape index (κ2) is 5.45. The second-order valence-corrected chi connectivity index (χ2v) is 2.56. The van der Waals surface area contributed by atoms with Crippen molar-refractivity contribution in [1.29, 1.82) is 0 Å². The largest absolute Gasteiger partial charge is 0.471 e. The fourth-order valence-corrected chi connectivity index (χ4v) is 0.858. The van der Waals surface area contributed by atoms with Gasteiger partial charge in [0.05, 0.1) is 11.8 Å². The van der Waals surface area contributed by atoms with Gasteiger partial charge in [0, 0.05) is 6.42 Å². The molecule has 0 atom stereocenters. The lowest BCUT2D eigenvalue weighted by atomic mass is 10.2. The molecule has 2 nitrogen and oxygen atoms in total. The van der Waals surface area contributed by atoms with Crippen molar-refractivity contribution in [2.45, 2.75) is 19.3 Å². The molecule has 2 N–H and O–H groups in total. The molecule has 0 unspecified atom stereocenters. The van der Waals surface area contributed by atoms with E-state index in [9.17, 15) is 0 Å².